The number of sulfonamides is 1. The standard InChI is InChI=1S/C18H24N4O2S/c23-25(24,18-13-19-21(15-18)16-7-2-1-3-8-16)22-12-6-9-17(22)14-20-10-4-5-11-20/h1-3,7-8,13,15,17H,4-6,9-12,14H2. The van der Waals surface area contributed by atoms with Crippen LogP contribution in [-0.2, 0) is 10.0 Å². The molecule has 134 valence electrons. The second-order valence-corrected chi connectivity index (χ2v) is 8.77. The molecule has 2 aliphatic heterocycles. The third kappa shape index (κ3) is 3.36. The third-order valence-electron chi connectivity index (χ3n) is 5.18. The first-order valence-electron chi connectivity index (χ1n) is 8.99. The van der Waals surface area contributed by atoms with E-state index in [-0.39, 0.29) is 10.9 Å². The lowest BCUT2D eigenvalue weighted by atomic mass is 10.2. The van der Waals surface area contributed by atoms with Gasteiger partial charge in [-0.25, -0.2) is 13.1 Å². The van der Waals surface area contributed by atoms with E-state index in [0.717, 1.165) is 38.2 Å². The Bertz CT molecular complexity index is 813. The average Bonchev–Trinajstić information content (AvgIpc) is 3.38. The summed E-state index contributed by atoms with van der Waals surface area (Å²) in [5.74, 6) is 0. The number of hydrogen-bond donors (Lipinski definition) is 0. The zero-order valence-electron chi connectivity index (χ0n) is 14.3. The molecule has 0 aliphatic carbocycles. The molecule has 2 fully saturated rings. The lowest BCUT2D eigenvalue weighted by molar-refractivity contribution is 0.257. The van der Waals surface area contributed by atoms with Crippen LogP contribution in [0, 0.1) is 0 Å². The first-order valence-corrected chi connectivity index (χ1v) is 10.4. The van der Waals surface area contributed by atoms with Crippen molar-refractivity contribution >= 4 is 10.0 Å². The van der Waals surface area contributed by atoms with Crippen LogP contribution in [0.15, 0.2) is 47.6 Å². The quantitative estimate of drug-likeness (QED) is 0.820. The van der Waals surface area contributed by atoms with Gasteiger partial charge in [-0.05, 0) is 50.9 Å². The molecular weight excluding hydrogens is 336 g/mol. The van der Waals surface area contributed by atoms with E-state index in [1.807, 2.05) is 30.3 Å². The van der Waals surface area contributed by atoms with Crippen LogP contribution in [0.5, 0.6) is 0 Å². The van der Waals surface area contributed by atoms with Crippen molar-refractivity contribution in [2.45, 2.75) is 36.6 Å². The number of nitrogens with zero attached hydrogens (tertiary/aromatic N) is 4. The van der Waals surface area contributed by atoms with Gasteiger partial charge in [0.15, 0.2) is 0 Å². The SMILES string of the molecule is O=S(=O)(c1cnn(-c2ccccc2)c1)N1CCCC1CN1CCCC1. The van der Waals surface area contributed by atoms with E-state index in [2.05, 4.69) is 10.00 Å². The first-order chi connectivity index (χ1) is 12.1. The summed E-state index contributed by atoms with van der Waals surface area (Å²) in [6.45, 7) is 3.65. The number of likely N-dealkylation sites (tertiary alicyclic amines) is 1. The Morgan fingerprint density at radius 3 is 2.56 bits per heavy atom. The minimum absolute atomic E-state index is 0.0863. The van der Waals surface area contributed by atoms with Gasteiger partial charge in [-0.2, -0.15) is 9.40 Å². The second kappa shape index (κ2) is 6.90. The van der Waals surface area contributed by atoms with Gasteiger partial charge in [0.05, 0.1) is 18.1 Å². The summed E-state index contributed by atoms with van der Waals surface area (Å²) in [6.07, 6.45) is 7.42. The van der Waals surface area contributed by atoms with Crippen molar-refractivity contribution in [3.8, 4) is 5.69 Å². The average molecular weight is 360 g/mol. The molecule has 3 heterocycles. The molecule has 0 spiro atoms. The molecule has 0 amide bonds. The fourth-order valence-electron chi connectivity index (χ4n) is 3.87. The van der Waals surface area contributed by atoms with Gasteiger partial charge in [-0.3, -0.25) is 0 Å². The van der Waals surface area contributed by atoms with Crippen molar-refractivity contribution in [3.63, 3.8) is 0 Å². The van der Waals surface area contributed by atoms with Crippen molar-refractivity contribution in [3.05, 3.63) is 42.7 Å². The number of benzene rings is 1. The molecule has 1 atom stereocenters. The molecular formula is C18H24N4O2S. The fraction of sp³-hybridized carbons (Fsp3) is 0.500. The lowest BCUT2D eigenvalue weighted by Crippen LogP contribution is -2.42. The number of hydrogen-bond acceptors (Lipinski definition) is 4. The molecule has 0 bridgehead atoms. The van der Waals surface area contributed by atoms with Gasteiger partial charge in [-0.15, -0.1) is 0 Å². The molecule has 25 heavy (non-hydrogen) atoms. The molecule has 1 aromatic carbocycles. The highest BCUT2D eigenvalue weighted by molar-refractivity contribution is 7.89. The summed E-state index contributed by atoms with van der Waals surface area (Å²) in [5, 5.41) is 4.25. The molecule has 0 N–H and O–H groups in total. The van der Waals surface area contributed by atoms with Crippen molar-refractivity contribution in [1.29, 1.82) is 0 Å². The molecule has 4 rings (SSSR count). The Morgan fingerprint density at radius 2 is 1.80 bits per heavy atom. The molecule has 6 nitrogen and oxygen atoms in total. The zero-order chi connectivity index (χ0) is 17.3. The maximum Gasteiger partial charge on any atom is 0.246 e. The van der Waals surface area contributed by atoms with Gasteiger partial charge in [0, 0.05) is 19.1 Å². The number of para-hydroxylation sites is 1. The van der Waals surface area contributed by atoms with Gasteiger partial charge < -0.3 is 4.90 Å². The maximum absolute atomic E-state index is 13.1. The van der Waals surface area contributed by atoms with Gasteiger partial charge >= 0.3 is 0 Å². The third-order valence-corrected chi connectivity index (χ3v) is 7.08. The number of rotatable bonds is 5. The highest BCUT2D eigenvalue weighted by Crippen LogP contribution is 2.27. The van der Waals surface area contributed by atoms with E-state index >= 15 is 0 Å². The Hall–Kier alpha value is -1.70. The van der Waals surface area contributed by atoms with Crippen LogP contribution in [-0.4, -0.2) is 59.6 Å². The molecule has 1 aromatic heterocycles. The van der Waals surface area contributed by atoms with Gasteiger partial charge in [0.1, 0.15) is 4.90 Å². The van der Waals surface area contributed by atoms with Crippen molar-refractivity contribution in [2.24, 2.45) is 0 Å². The maximum atomic E-state index is 13.1. The normalized spacial score (nSPS) is 22.6. The summed E-state index contributed by atoms with van der Waals surface area (Å²) < 4.78 is 29.6. The highest BCUT2D eigenvalue weighted by Gasteiger charge is 2.37. The van der Waals surface area contributed by atoms with E-state index in [4.69, 9.17) is 0 Å². The van der Waals surface area contributed by atoms with Crippen molar-refractivity contribution in [1.82, 2.24) is 19.0 Å². The summed E-state index contributed by atoms with van der Waals surface area (Å²) in [4.78, 5) is 2.68. The minimum Gasteiger partial charge on any atom is -0.302 e. The van der Waals surface area contributed by atoms with Crippen molar-refractivity contribution in [2.75, 3.05) is 26.2 Å². The summed E-state index contributed by atoms with van der Waals surface area (Å²) in [5.41, 5.74) is 0.860. The molecule has 0 radical (unpaired) electrons. The largest absolute Gasteiger partial charge is 0.302 e. The molecule has 7 heteroatoms. The van der Waals surface area contributed by atoms with Gasteiger partial charge in [0.25, 0.3) is 0 Å². The smallest absolute Gasteiger partial charge is 0.246 e. The Labute approximate surface area is 149 Å². The van der Waals surface area contributed by atoms with Crippen LogP contribution < -0.4 is 0 Å². The number of aromatic nitrogens is 2. The molecule has 1 unspecified atom stereocenters. The Morgan fingerprint density at radius 1 is 1.04 bits per heavy atom. The van der Waals surface area contributed by atoms with Crippen LogP contribution >= 0.6 is 0 Å². The summed E-state index contributed by atoms with van der Waals surface area (Å²) in [7, 11) is -3.49. The van der Waals surface area contributed by atoms with Crippen LogP contribution in [0.2, 0.25) is 0 Å². The molecule has 2 aromatic rings. The highest BCUT2D eigenvalue weighted by atomic mass is 32.2. The van der Waals surface area contributed by atoms with Gasteiger partial charge in [0.2, 0.25) is 10.0 Å². The predicted octanol–water partition coefficient (Wildman–Crippen LogP) is 2.12. The lowest BCUT2D eigenvalue weighted by Gasteiger charge is -2.27. The molecule has 0 saturated carbocycles. The minimum atomic E-state index is -3.49. The van der Waals surface area contributed by atoms with Crippen LogP contribution in [0.25, 0.3) is 5.69 Å². The summed E-state index contributed by atoms with van der Waals surface area (Å²) >= 11 is 0. The van der Waals surface area contributed by atoms with Crippen LogP contribution in [0.4, 0.5) is 0 Å². The first kappa shape index (κ1) is 16.8. The predicted molar refractivity (Wildman–Crippen MR) is 96.2 cm³/mol. The zero-order valence-corrected chi connectivity index (χ0v) is 15.1. The van der Waals surface area contributed by atoms with E-state index < -0.39 is 10.0 Å². The molecule has 2 saturated heterocycles. The summed E-state index contributed by atoms with van der Waals surface area (Å²) in [6, 6.07) is 9.67. The van der Waals surface area contributed by atoms with Crippen LogP contribution in [0.3, 0.4) is 0 Å². The van der Waals surface area contributed by atoms with E-state index in [0.29, 0.717) is 6.54 Å². The fourth-order valence-corrected chi connectivity index (χ4v) is 5.49. The Kier molecular flexibility index (Phi) is 4.62. The second-order valence-electron chi connectivity index (χ2n) is 6.88. The van der Waals surface area contributed by atoms with E-state index in [1.54, 1.807) is 15.2 Å². The van der Waals surface area contributed by atoms with E-state index in [9.17, 15) is 8.42 Å². The Balaban J connectivity index is 1.55. The van der Waals surface area contributed by atoms with E-state index in [1.165, 1.54) is 19.0 Å². The van der Waals surface area contributed by atoms with Gasteiger partial charge in [-0.1, -0.05) is 18.2 Å². The molecule has 2 aliphatic rings. The van der Waals surface area contributed by atoms with Crippen LogP contribution in [0.1, 0.15) is 25.7 Å². The van der Waals surface area contributed by atoms with Crippen molar-refractivity contribution < 1.29 is 8.42 Å². The topological polar surface area (TPSA) is 58.4 Å². The monoisotopic (exact) mass is 360 g/mol.